The molecule has 1 aliphatic carbocycles. The van der Waals surface area contributed by atoms with Crippen molar-refractivity contribution < 1.29 is 0 Å². The lowest BCUT2D eigenvalue weighted by molar-refractivity contribution is 0.521. The summed E-state index contributed by atoms with van der Waals surface area (Å²) in [6.07, 6.45) is 1.36. The minimum Gasteiger partial charge on any atom is -0.312 e. The van der Waals surface area contributed by atoms with Gasteiger partial charge in [0.1, 0.15) is 0 Å². The Morgan fingerprint density at radius 1 is 1.75 bits per heavy atom. The number of nitrogens with one attached hydrogen (secondary N) is 1. The number of hydrogen-bond acceptors (Lipinski definition) is 1. The quantitative estimate of drug-likeness (QED) is 0.570. The van der Waals surface area contributed by atoms with Gasteiger partial charge in [0.2, 0.25) is 0 Å². The highest BCUT2D eigenvalue weighted by molar-refractivity contribution is 5.03. The lowest BCUT2D eigenvalue weighted by Gasteiger charge is -2.08. The van der Waals surface area contributed by atoms with Gasteiger partial charge in [-0.1, -0.05) is 13.8 Å². The van der Waals surface area contributed by atoms with Crippen molar-refractivity contribution in [2.75, 3.05) is 6.54 Å². The molecule has 0 bridgehead atoms. The van der Waals surface area contributed by atoms with E-state index in [9.17, 15) is 0 Å². The molecule has 0 radical (unpaired) electrons. The zero-order valence-electron chi connectivity index (χ0n) is 5.99. The van der Waals surface area contributed by atoms with Crippen molar-refractivity contribution in [3.05, 3.63) is 0 Å². The van der Waals surface area contributed by atoms with E-state index >= 15 is 0 Å². The molecule has 0 spiro atoms. The molecule has 1 fully saturated rings. The Morgan fingerprint density at radius 2 is 2.25 bits per heavy atom. The molecule has 1 aliphatic rings. The van der Waals surface area contributed by atoms with E-state index in [-0.39, 0.29) is 0 Å². The summed E-state index contributed by atoms with van der Waals surface area (Å²) < 4.78 is 0. The largest absolute Gasteiger partial charge is 0.312 e. The summed E-state index contributed by atoms with van der Waals surface area (Å²) in [6.45, 7) is 7.86. The molecular weight excluding hydrogens is 98.1 g/mol. The average Bonchev–Trinajstić information content (AvgIpc) is 2.16. The third kappa shape index (κ3) is 0.873. The van der Waals surface area contributed by atoms with Crippen LogP contribution in [0.25, 0.3) is 0 Å². The minimum atomic E-state index is 0.509. The predicted octanol–water partition coefficient (Wildman–Crippen LogP) is 1.39. The summed E-state index contributed by atoms with van der Waals surface area (Å²) in [5.74, 6) is 0.905. The molecule has 0 aromatic rings. The van der Waals surface area contributed by atoms with Crippen LogP contribution < -0.4 is 5.32 Å². The van der Waals surface area contributed by atoms with Gasteiger partial charge in [-0.25, -0.2) is 0 Å². The van der Waals surface area contributed by atoms with Gasteiger partial charge >= 0.3 is 0 Å². The number of hydrogen-bond donors (Lipinski definition) is 1. The molecule has 1 rings (SSSR count). The molecule has 0 aromatic heterocycles. The Balaban J connectivity index is 2.25. The Labute approximate surface area is 51.5 Å². The standard InChI is InChI=1S/C7H15N/c1-4-8-7(3)5-6(7)2/h6,8H,4-5H2,1-3H3/t6?,7-/m0/s1. The maximum absolute atomic E-state index is 3.45. The van der Waals surface area contributed by atoms with E-state index in [2.05, 4.69) is 26.1 Å². The minimum absolute atomic E-state index is 0.509. The van der Waals surface area contributed by atoms with E-state index in [1.165, 1.54) is 6.42 Å². The Hall–Kier alpha value is -0.0400. The number of rotatable bonds is 2. The van der Waals surface area contributed by atoms with E-state index in [1.54, 1.807) is 0 Å². The van der Waals surface area contributed by atoms with Crippen LogP contribution in [0.4, 0.5) is 0 Å². The average molecular weight is 113 g/mol. The fraction of sp³-hybridized carbons (Fsp3) is 1.00. The molecule has 1 saturated carbocycles. The van der Waals surface area contributed by atoms with Gasteiger partial charge < -0.3 is 5.32 Å². The molecule has 8 heavy (non-hydrogen) atoms. The van der Waals surface area contributed by atoms with Crippen LogP contribution in [0.2, 0.25) is 0 Å². The third-order valence-electron chi connectivity index (χ3n) is 2.24. The van der Waals surface area contributed by atoms with E-state index in [1.807, 2.05) is 0 Å². The van der Waals surface area contributed by atoms with Gasteiger partial charge in [0.15, 0.2) is 0 Å². The molecule has 0 aliphatic heterocycles. The van der Waals surface area contributed by atoms with Gasteiger partial charge in [-0.05, 0) is 25.8 Å². The summed E-state index contributed by atoms with van der Waals surface area (Å²) in [6, 6.07) is 0. The summed E-state index contributed by atoms with van der Waals surface area (Å²) in [4.78, 5) is 0. The zero-order valence-corrected chi connectivity index (χ0v) is 5.99. The van der Waals surface area contributed by atoms with Crippen LogP contribution in [0.15, 0.2) is 0 Å². The fourth-order valence-corrected chi connectivity index (χ4v) is 1.23. The van der Waals surface area contributed by atoms with Crippen molar-refractivity contribution >= 4 is 0 Å². The van der Waals surface area contributed by atoms with E-state index < -0.39 is 0 Å². The van der Waals surface area contributed by atoms with Crippen LogP contribution in [0.5, 0.6) is 0 Å². The van der Waals surface area contributed by atoms with Crippen molar-refractivity contribution in [3.8, 4) is 0 Å². The monoisotopic (exact) mass is 113 g/mol. The lowest BCUT2D eigenvalue weighted by atomic mass is 10.2. The second kappa shape index (κ2) is 1.73. The maximum Gasteiger partial charge on any atom is 0.0182 e. The van der Waals surface area contributed by atoms with Gasteiger partial charge in [-0.15, -0.1) is 0 Å². The Bertz CT molecular complexity index is 90.4. The highest BCUT2D eigenvalue weighted by Crippen LogP contribution is 2.41. The molecule has 1 N–H and O–H groups in total. The second-order valence-electron chi connectivity index (χ2n) is 3.05. The Kier molecular flexibility index (Phi) is 1.31. The summed E-state index contributed by atoms with van der Waals surface area (Å²) in [5, 5.41) is 3.45. The van der Waals surface area contributed by atoms with Gasteiger partial charge in [0, 0.05) is 5.54 Å². The molecule has 0 saturated heterocycles. The highest BCUT2D eigenvalue weighted by atomic mass is 15.0. The van der Waals surface area contributed by atoms with E-state index in [4.69, 9.17) is 0 Å². The third-order valence-corrected chi connectivity index (χ3v) is 2.24. The smallest absolute Gasteiger partial charge is 0.0182 e. The van der Waals surface area contributed by atoms with Gasteiger partial charge in [0.25, 0.3) is 0 Å². The van der Waals surface area contributed by atoms with Gasteiger partial charge in [-0.2, -0.15) is 0 Å². The molecule has 0 amide bonds. The maximum atomic E-state index is 3.45. The van der Waals surface area contributed by atoms with Crippen molar-refractivity contribution in [2.45, 2.75) is 32.7 Å². The molecule has 1 unspecified atom stereocenters. The fourth-order valence-electron chi connectivity index (χ4n) is 1.23. The van der Waals surface area contributed by atoms with Crippen molar-refractivity contribution in [2.24, 2.45) is 5.92 Å². The van der Waals surface area contributed by atoms with Crippen LogP contribution in [0.3, 0.4) is 0 Å². The van der Waals surface area contributed by atoms with Crippen LogP contribution in [0, 0.1) is 5.92 Å². The Morgan fingerprint density at radius 3 is 2.38 bits per heavy atom. The molecule has 1 heteroatoms. The highest BCUT2D eigenvalue weighted by Gasteiger charge is 2.45. The van der Waals surface area contributed by atoms with Crippen LogP contribution in [0.1, 0.15) is 27.2 Å². The first kappa shape index (κ1) is 6.09. The summed E-state index contributed by atoms with van der Waals surface area (Å²) in [5.41, 5.74) is 0.509. The molecule has 0 aromatic carbocycles. The molecular formula is C7H15N. The lowest BCUT2D eigenvalue weighted by Crippen LogP contribution is -2.29. The first-order chi connectivity index (χ1) is 3.69. The topological polar surface area (TPSA) is 12.0 Å². The van der Waals surface area contributed by atoms with Gasteiger partial charge in [-0.3, -0.25) is 0 Å². The molecule has 2 atom stereocenters. The summed E-state index contributed by atoms with van der Waals surface area (Å²) >= 11 is 0. The van der Waals surface area contributed by atoms with Crippen molar-refractivity contribution in [3.63, 3.8) is 0 Å². The van der Waals surface area contributed by atoms with Crippen molar-refractivity contribution in [1.82, 2.24) is 5.32 Å². The first-order valence-electron chi connectivity index (χ1n) is 3.44. The molecule has 1 nitrogen and oxygen atoms in total. The van der Waals surface area contributed by atoms with Crippen LogP contribution >= 0.6 is 0 Å². The molecule has 0 heterocycles. The summed E-state index contributed by atoms with van der Waals surface area (Å²) in [7, 11) is 0. The first-order valence-corrected chi connectivity index (χ1v) is 3.44. The van der Waals surface area contributed by atoms with E-state index in [0.29, 0.717) is 5.54 Å². The van der Waals surface area contributed by atoms with Crippen LogP contribution in [-0.2, 0) is 0 Å². The second-order valence-corrected chi connectivity index (χ2v) is 3.05. The molecule has 48 valence electrons. The normalized spacial score (nSPS) is 44.6. The van der Waals surface area contributed by atoms with Gasteiger partial charge in [0.05, 0.1) is 0 Å². The SMILES string of the molecule is CCN[C@@]1(C)CC1C. The predicted molar refractivity (Wildman–Crippen MR) is 35.9 cm³/mol. The zero-order chi connectivity index (χ0) is 6.20. The van der Waals surface area contributed by atoms with Crippen molar-refractivity contribution in [1.29, 1.82) is 0 Å². The van der Waals surface area contributed by atoms with Crippen LogP contribution in [-0.4, -0.2) is 12.1 Å². The van der Waals surface area contributed by atoms with E-state index in [0.717, 1.165) is 12.5 Å².